The van der Waals surface area contributed by atoms with E-state index in [1.165, 1.54) is 11.3 Å². The lowest BCUT2D eigenvalue weighted by Crippen LogP contribution is -2.28. The molecule has 1 unspecified atom stereocenters. The molecule has 0 spiro atoms. The molecule has 90 valence electrons. The maximum Gasteiger partial charge on any atom is 0.0931 e. The molecule has 0 saturated carbocycles. The molecule has 0 radical (unpaired) electrons. The van der Waals surface area contributed by atoms with Crippen LogP contribution in [0.2, 0.25) is 9.36 Å². The Bertz CT molecular complexity index is 525. The van der Waals surface area contributed by atoms with Crippen molar-refractivity contribution in [1.29, 1.82) is 0 Å². The van der Waals surface area contributed by atoms with Crippen molar-refractivity contribution in [3.63, 3.8) is 0 Å². The molecule has 0 amide bonds. The molecule has 0 aliphatic heterocycles. The van der Waals surface area contributed by atoms with E-state index in [4.69, 9.17) is 29.0 Å². The fraction of sp³-hybridized carbons (Fsp3) is 0.167. The van der Waals surface area contributed by atoms with Gasteiger partial charge in [0.05, 0.1) is 10.4 Å². The van der Waals surface area contributed by atoms with Crippen molar-refractivity contribution >= 4 is 34.5 Å². The molecule has 0 aliphatic rings. The van der Waals surface area contributed by atoms with Crippen molar-refractivity contribution in [3.05, 3.63) is 55.7 Å². The van der Waals surface area contributed by atoms with E-state index < -0.39 is 0 Å². The van der Waals surface area contributed by atoms with Crippen LogP contribution in [0, 0.1) is 6.92 Å². The average molecular weight is 287 g/mol. The second-order valence-corrected chi connectivity index (χ2v) is 5.84. The van der Waals surface area contributed by atoms with Crippen LogP contribution in [0.15, 0.2) is 30.3 Å². The first kappa shape index (κ1) is 12.9. The summed E-state index contributed by atoms with van der Waals surface area (Å²) in [5.41, 5.74) is 4.78. The van der Waals surface area contributed by atoms with E-state index in [-0.39, 0.29) is 6.04 Å². The largest absolute Gasteiger partial charge is 0.271 e. The number of nitrogens with two attached hydrogens (primary N) is 1. The van der Waals surface area contributed by atoms with Crippen LogP contribution in [0.4, 0.5) is 0 Å². The first-order valence-electron chi connectivity index (χ1n) is 5.10. The van der Waals surface area contributed by atoms with Gasteiger partial charge in [0.15, 0.2) is 0 Å². The van der Waals surface area contributed by atoms with Gasteiger partial charge in [0.1, 0.15) is 0 Å². The van der Waals surface area contributed by atoms with Crippen molar-refractivity contribution in [2.24, 2.45) is 5.84 Å². The molecule has 3 N–H and O–H groups in total. The Morgan fingerprint density at radius 2 is 2.00 bits per heavy atom. The second kappa shape index (κ2) is 5.38. The van der Waals surface area contributed by atoms with Crippen molar-refractivity contribution in [3.8, 4) is 0 Å². The van der Waals surface area contributed by atoms with Crippen LogP contribution in [-0.4, -0.2) is 0 Å². The van der Waals surface area contributed by atoms with Crippen LogP contribution in [0.25, 0.3) is 0 Å². The third-order valence-electron chi connectivity index (χ3n) is 2.58. The van der Waals surface area contributed by atoms with E-state index in [0.29, 0.717) is 0 Å². The van der Waals surface area contributed by atoms with Crippen molar-refractivity contribution in [2.75, 3.05) is 0 Å². The Labute approximate surface area is 114 Å². The third kappa shape index (κ3) is 2.64. The van der Waals surface area contributed by atoms with Crippen LogP contribution in [0.3, 0.4) is 0 Å². The number of halogens is 2. The van der Waals surface area contributed by atoms with Crippen LogP contribution in [-0.2, 0) is 0 Å². The number of thiophene rings is 1. The molecule has 2 rings (SSSR count). The summed E-state index contributed by atoms with van der Waals surface area (Å²) in [5.74, 6) is 5.62. The monoisotopic (exact) mass is 286 g/mol. The lowest BCUT2D eigenvalue weighted by Gasteiger charge is -2.17. The Morgan fingerprint density at radius 3 is 2.59 bits per heavy atom. The number of hydrazine groups is 1. The van der Waals surface area contributed by atoms with E-state index in [0.717, 1.165) is 25.4 Å². The average Bonchev–Trinajstić information content (AvgIpc) is 2.72. The number of benzene rings is 1. The molecule has 1 atom stereocenters. The van der Waals surface area contributed by atoms with Gasteiger partial charge < -0.3 is 0 Å². The minimum atomic E-state index is -0.125. The van der Waals surface area contributed by atoms with Gasteiger partial charge in [-0.25, -0.2) is 5.43 Å². The SMILES string of the molecule is Cc1cccc(C(NN)c2ccc(Cl)s2)c1Cl. The molecule has 5 heteroatoms. The van der Waals surface area contributed by atoms with E-state index >= 15 is 0 Å². The number of nitrogens with one attached hydrogen (secondary N) is 1. The van der Waals surface area contributed by atoms with Gasteiger partial charge in [-0.3, -0.25) is 5.84 Å². The highest BCUT2D eigenvalue weighted by Crippen LogP contribution is 2.34. The Kier molecular flexibility index (Phi) is 4.07. The van der Waals surface area contributed by atoms with Crippen molar-refractivity contribution in [2.45, 2.75) is 13.0 Å². The molecule has 1 aromatic carbocycles. The van der Waals surface area contributed by atoms with Gasteiger partial charge in [-0.05, 0) is 30.2 Å². The van der Waals surface area contributed by atoms with Crippen LogP contribution in [0.1, 0.15) is 22.0 Å². The normalized spacial score (nSPS) is 12.7. The van der Waals surface area contributed by atoms with Gasteiger partial charge in [0.25, 0.3) is 0 Å². The number of hydrogen-bond donors (Lipinski definition) is 2. The highest BCUT2D eigenvalue weighted by Gasteiger charge is 2.18. The molecular formula is C12H12Cl2N2S. The topological polar surface area (TPSA) is 38.0 Å². The third-order valence-corrected chi connectivity index (χ3v) is 4.39. The highest BCUT2D eigenvalue weighted by molar-refractivity contribution is 7.16. The summed E-state index contributed by atoms with van der Waals surface area (Å²) in [6.45, 7) is 1.97. The van der Waals surface area contributed by atoms with Crippen LogP contribution < -0.4 is 11.3 Å². The van der Waals surface area contributed by atoms with Crippen molar-refractivity contribution < 1.29 is 0 Å². The molecule has 0 fully saturated rings. The van der Waals surface area contributed by atoms with Gasteiger partial charge >= 0.3 is 0 Å². The predicted molar refractivity (Wildman–Crippen MR) is 74.7 cm³/mol. The fourth-order valence-corrected chi connectivity index (χ4v) is 3.08. The standard InChI is InChI=1S/C12H12Cl2N2S/c1-7-3-2-4-8(11(7)14)12(16-15)9-5-6-10(13)17-9/h2-6,12,16H,15H2,1H3. The fourth-order valence-electron chi connectivity index (χ4n) is 1.70. The van der Waals surface area contributed by atoms with Crippen LogP contribution >= 0.6 is 34.5 Å². The Balaban J connectivity index is 2.45. The zero-order valence-electron chi connectivity index (χ0n) is 9.21. The second-order valence-electron chi connectivity index (χ2n) is 3.72. The van der Waals surface area contributed by atoms with E-state index in [2.05, 4.69) is 5.43 Å². The molecular weight excluding hydrogens is 275 g/mol. The maximum absolute atomic E-state index is 6.30. The number of rotatable bonds is 3. The molecule has 2 aromatic rings. The number of hydrogen-bond acceptors (Lipinski definition) is 3. The molecule has 0 bridgehead atoms. The molecule has 0 saturated heterocycles. The van der Waals surface area contributed by atoms with Crippen LogP contribution in [0.5, 0.6) is 0 Å². The van der Waals surface area contributed by atoms with Gasteiger partial charge in [0, 0.05) is 9.90 Å². The minimum Gasteiger partial charge on any atom is -0.271 e. The quantitative estimate of drug-likeness (QED) is 0.663. The molecule has 1 aromatic heterocycles. The van der Waals surface area contributed by atoms with E-state index in [9.17, 15) is 0 Å². The molecule has 2 nitrogen and oxygen atoms in total. The predicted octanol–water partition coefficient (Wildman–Crippen LogP) is 3.92. The summed E-state index contributed by atoms with van der Waals surface area (Å²) >= 11 is 13.7. The minimum absolute atomic E-state index is 0.125. The smallest absolute Gasteiger partial charge is 0.0931 e. The lowest BCUT2D eigenvalue weighted by atomic mass is 10.0. The van der Waals surface area contributed by atoms with Crippen molar-refractivity contribution in [1.82, 2.24) is 5.43 Å². The van der Waals surface area contributed by atoms with E-state index in [1.54, 1.807) is 0 Å². The zero-order valence-corrected chi connectivity index (χ0v) is 11.5. The maximum atomic E-state index is 6.30. The summed E-state index contributed by atoms with van der Waals surface area (Å²) in [6, 6.07) is 9.59. The summed E-state index contributed by atoms with van der Waals surface area (Å²) in [7, 11) is 0. The van der Waals surface area contributed by atoms with E-state index in [1.807, 2.05) is 37.3 Å². The molecule has 0 aliphatic carbocycles. The summed E-state index contributed by atoms with van der Waals surface area (Å²) < 4.78 is 0.740. The Hall–Kier alpha value is -0.580. The summed E-state index contributed by atoms with van der Waals surface area (Å²) in [6.07, 6.45) is 0. The zero-order chi connectivity index (χ0) is 12.4. The van der Waals surface area contributed by atoms with Gasteiger partial charge in [-0.2, -0.15) is 0 Å². The van der Waals surface area contributed by atoms with Gasteiger partial charge in [-0.15, -0.1) is 11.3 Å². The molecule has 17 heavy (non-hydrogen) atoms. The highest BCUT2D eigenvalue weighted by atomic mass is 35.5. The molecule has 1 heterocycles. The summed E-state index contributed by atoms with van der Waals surface area (Å²) in [5, 5.41) is 0.736. The first-order valence-corrected chi connectivity index (χ1v) is 6.67. The lowest BCUT2D eigenvalue weighted by molar-refractivity contribution is 0.646. The first-order chi connectivity index (χ1) is 8.13. The van der Waals surface area contributed by atoms with Gasteiger partial charge in [-0.1, -0.05) is 41.4 Å². The number of aryl methyl sites for hydroxylation is 1. The Morgan fingerprint density at radius 1 is 1.24 bits per heavy atom. The van der Waals surface area contributed by atoms with Gasteiger partial charge in [0.2, 0.25) is 0 Å². The summed E-state index contributed by atoms with van der Waals surface area (Å²) in [4.78, 5) is 1.05.